The molecule has 0 bridgehead atoms. The number of nitrogens with zero attached hydrogens (tertiary/aromatic N) is 3. The third-order valence-corrected chi connectivity index (χ3v) is 7.44. The minimum absolute atomic E-state index is 0.245. The minimum atomic E-state index is -0.642. The fourth-order valence-electron chi connectivity index (χ4n) is 4.46. The maximum absolute atomic E-state index is 13.5. The van der Waals surface area contributed by atoms with Gasteiger partial charge in [-0.05, 0) is 48.5 Å². The van der Waals surface area contributed by atoms with Gasteiger partial charge in [-0.25, -0.2) is 9.48 Å². The number of methoxy groups -OCH3 is 1. The van der Waals surface area contributed by atoms with E-state index in [2.05, 4.69) is 5.10 Å². The minimum Gasteiger partial charge on any atom is -0.497 e. The Labute approximate surface area is 229 Å². The zero-order valence-corrected chi connectivity index (χ0v) is 21.8. The van der Waals surface area contributed by atoms with Gasteiger partial charge in [0.05, 0.1) is 24.2 Å². The van der Waals surface area contributed by atoms with Gasteiger partial charge in [0.2, 0.25) is 0 Å². The highest BCUT2D eigenvalue weighted by atomic mass is 32.2. The lowest BCUT2D eigenvalue weighted by Crippen LogP contribution is -2.32. The molecule has 1 amide bonds. The standard InChI is InChI=1S/C31H23N3O4S/c1-37-23-13-9-10-21(18-23)30-24(19-33(32-30)22-11-3-2-4-12-22)31(36)38-20-29(35)34-25-14-5-7-16-27(25)39-28-17-8-6-15-26(28)34/h2-19H,20H2,1H3. The molecule has 7 nitrogen and oxygen atoms in total. The maximum atomic E-state index is 13.5. The van der Waals surface area contributed by atoms with Crippen molar-refractivity contribution in [1.29, 1.82) is 0 Å². The Bertz CT molecular complexity index is 1640. The monoisotopic (exact) mass is 533 g/mol. The first-order valence-electron chi connectivity index (χ1n) is 12.3. The van der Waals surface area contributed by atoms with Crippen LogP contribution in [0.4, 0.5) is 11.4 Å². The number of hydrogen-bond acceptors (Lipinski definition) is 6. The van der Waals surface area contributed by atoms with Gasteiger partial charge in [0.15, 0.2) is 6.61 Å². The third-order valence-electron chi connectivity index (χ3n) is 6.31. The van der Waals surface area contributed by atoms with Crippen LogP contribution in [0.25, 0.3) is 16.9 Å². The van der Waals surface area contributed by atoms with Crippen molar-refractivity contribution < 1.29 is 19.1 Å². The number of ether oxygens (including phenoxy) is 2. The van der Waals surface area contributed by atoms with Crippen LogP contribution in [0.2, 0.25) is 0 Å². The van der Waals surface area contributed by atoms with Gasteiger partial charge in [-0.2, -0.15) is 5.10 Å². The number of rotatable bonds is 6. The van der Waals surface area contributed by atoms with Gasteiger partial charge in [-0.15, -0.1) is 0 Å². The maximum Gasteiger partial charge on any atom is 0.342 e. The topological polar surface area (TPSA) is 73.7 Å². The molecule has 192 valence electrons. The Kier molecular flexibility index (Phi) is 6.61. The van der Waals surface area contributed by atoms with Gasteiger partial charge in [-0.1, -0.05) is 66.4 Å². The number of aromatic nitrogens is 2. The van der Waals surface area contributed by atoms with Gasteiger partial charge in [0.25, 0.3) is 5.91 Å². The average molecular weight is 534 g/mol. The predicted molar refractivity (Wildman–Crippen MR) is 150 cm³/mol. The molecule has 1 aliphatic rings. The van der Waals surface area contributed by atoms with Crippen molar-refractivity contribution in [2.45, 2.75) is 9.79 Å². The molecule has 6 rings (SSSR count). The average Bonchev–Trinajstić information content (AvgIpc) is 3.45. The highest BCUT2D eigenvalue weighted by Crippen LogP contribution is 2.47. The molecular formula is C31H23N3O4S. The van der Waals surface area contributed by atoms with Crippen molar-refractivity contribution in [1.82, 2.24) is 9.78 Å². The van der Waals surface area contributed by atoms with Gasteiger partial charge < -0.3 is 9.47 Å². The van der Waals surface area contributed by atoms with Crippen LogP contribution in [0.3, 0.4) is 0 Å². The van der Waals surface area contributed by atoms with Crippen LogP contribution in [-0.2, 0) is 9.53 Å². The van der Waals surface area contributed by atoms with Crippen LogP contribution in [0, 0.1) is 0 Å². The molecule has 1 aliphatic heterocycles. The number of carbonyl (C=O) groups is 2. The van der Waals surface area contributed by atoms with Crippen molar-refractivity contribution >= 4 is 35.0 Å². The van der Waals surface area contributed by atoms with E-state index in [1.165, 1.54) is 0 Å². The van der Waals surface area contributed by atoms with Gasteiger partial charge in [0.1, 0.15) is 17.0 Å². The number of fused-ring (bicyclic) bond motifs is 2. The molecule has 0 spiro atoms. The van der Waals surface area contributed by atoms with Crippen molar-refractivity contribution in [3.63, 3.8) is 0 Å². The summed E-state index contributed by atoms with van der Waals surface area (Å²) < 4.78 is 12.6. The van der Waals surface area contributed by atoms with Crippen molar-refractivity contribution in [3.05, 3.63) is 115 Å². The van der Waals surface area contributed by atoms with Crippen molar-refractivity contribution in [2.75, 3.05) is 18.6 Å². The van der Waals surface area contributed by atoms with Gasteiger partial charge in [0, 0.05) is 21.6 Å². The van der Waals surface area contributed by atoms with E-state index in [0.29, 0.717) is 17.0 Å². The highest BCUT2D eigenvalue weighted by molar-refractivity contribution is 7.99. The third kappa shape index (κ3) is 4.78. The normalized spacial score (nSPS) is 11.9. The Morgan fingerprint density at radius 3 is 2.18 bits per heavy atom. The second kappa shape index (κ2) is 10.5. The number of carbonyl (C=O) groups excluding carboxylic acids is 2. The lowest BCUT2D eigenvalue weighted by atomic mass is 10.1. The van der Waals surface area contributed by atoms with E-state index in [9.17, 15) is 9.59 Å². The molecule has 39 heavy (non-hydrogen) atoms. The molecule has 0 fully saturated rings. The largest absolute Gasteiger partial charge is 0.497 e. The summed E-state index contributed by atoms with van der Waals surface area (Å²) in [6, 6.07) is 32.2. The smallest absolute Gasteiger partial charge is 0.342 e. The lowest BCUT2D eigenvalue weighted by molar-refractivity contribution is -0.121. The van der Waals surface area contributed by atoms with Crippen molar-refractivity contribution in [3.8, 4) is 22.7 Å². The quantitative estimate of drug-likeness (QED) is 0.231. The molecule has 0 radical (unpaired) electrons. The summed E-state index contributed by atoms with van der Waals surface area (Å²) in [6.07, 6.45) is 1.62. The SMILES string of the molecule is COc1cccc(-c2nn(-c3ccccc3)cc2C(=O)OCC(=O)N2c3ccccc3Sc3ccccc32)c1. The van der Waals surface area contributed by atoms with Crippen LogP contribution in [-0.4, -0.2) is 35.4 Å². The zero-order chi connectivity index (χ0) is 26.8. The summed E-state index contributed by atoms with van der Waals surface area (Å²) >= 11 is 1.61. The summed E-state index contributed by atoms with van der Waals surface area (Å²) in [5.74, 6) is -0.352. The first-order valence-corrected chi connectivity index (χ1v) is 13.1. The first kappa shape index (κ1) is 24.5. The van der Waals surface area contributed by atoms with E-state index in [1.54, 1.807) is 40.7 Å². The highest BCUT2D eigenvalue weighted by Gasteiger charge is 2.29. The summed E-state index contributed by atoms with van der Waals surface area (Å²) in [5, 5.41) is 4.69. The molecule has 2 heterocycles. The Hall–Kier alpha value is -4.82. The van der Waals surface area contributed by atoms with Crippen LogP contribution in [0.15, 0.2) is 119 Å². The molecule has 0 N–H and O–H groups in total. The lowest BCUT2D eigenvalue weighted by Gasteiger charge is -2.30. The summed E-state index contributed by atoms with van der Waals surface area (Å²) in [4.78, 5) is 30.5. The van der Waals surface area contributed by atoms with E-state index >= 15 is 0 Å². The molecule has 8 heteroatoms. The fraction of sp³-hybridized carbons (Fsp3) is 0.0645. The van der Waals surface area contributed by atoms with Gasteiger partial charge in [-0.3, -0.25) is 9.69 Å². The Morgan fingerprint density at radius 1 is 0.821 bits per heavy atom. The number of amides is 1. The summed E-state index contributed by atoms with van der Waals surface area (Å²) in [6.45, 7) is -0.430. The van der Waals surface area contributed by atoms with Crippen LogP contribution < -0.4 is 9.64 Å². The predicted octanol–water partition coefficient (Wildman–Crippen LogP) is 6.53. The number of para-hydroxylation sites is 3. The molecule has 5 aromatic rings. The number of hydrogen-bond donors (Lipinski definition) is 0. The van der Waals surface area contributed by atoms with Crippen LogP contribution in [0.1, 0.15) is 10.4 Å². The Morgan fingerprint density at radius 2 is 1.49 bits per heavy atom. The molecule has 0 saturated carbocycles. The second-order valence-electron chi connectivity index (χ2n) is 8.75. The molecule has 0 atom stereocenters. The molecule has 0 unspecified atom stereocenters. The van der Waals surface area contributed by atoms with Crippen LogP contribution >= 0.6 is 11.8 Å². The van der Waals surface area contributed by atoms with E-state index in [1.807, 2.05) is 97.1 Å². The van der Waals surface area contributed by atoms with Gasteiger partial charge >= 0.3 is 5.97 Å². The Balaban J connectivity index is 1.30. The van der Waals surface area contributed by atoms with E-state index in [4.69, 9.17) is 9.47 Å². The van der Waals surface area contributed by atoms with E-state index in [0.717, 1.165) is 26.9 Å². The summed E-state index contributed by atoms with van der Waals surface area (Å²) in [7, 11) is 1.58. The van der Waals surface area contributed by atoms with E-state index < -0.39 is 12.6 Å². The van der Waals surface area contributed by atoms with Crippen LogP contribution in [0.5, 0.6) is 5.75 Å². The molecule has 1 aromatic heterocycles. The second-order valence-corrected chi connectivity index (χ2v) is 9.83. The number of anilines is 2. The van der Waals surface area contributed by atoms with E-state index in [-0.39, 0.29) is 11.5 Å². The zero-order valence-electron chi connectivity index (χ0n) is 21.0. The first-order chi connectivity index (χ1) is 19.1. The molecule has 0 aliphatic carbocycles. The number of benzene rings is 4. The molecule has 0 saturated heterocycles. The molecular weight excluding hydrogens is 510 g/mol. The molecule has 4 aromatic carbocycles. The summed E-state index contributed by atoms with van der Waals surface area (Å²) in [5.41, 5.74) is 3.68. The number of esters is 1. The fourth-order valence-corrected chi connectivity index (χ4v) is 5.52. The van der Waals surface area contributed by atoms with Crippen molar-refractivity contribution in [2.24, 2.45) is 0 Å².